The van der Waals surface area contributed by atoms with Crippen LogP contribution in [0.2, 0.25) is 0 Å². The van der Waals surface area contributed by atoms with Gasteiger partial charge < -0.3 is 15.4 Å². The van der Waals surface area contributed by atoms with Crippen molar-refractivity contribution >= 4 is 41.3 Å². The predicted octanol–water partition coefficient (Wildman–Crippen LogP) is 3.67. The van der Waals surface area contributed by atoms with Crippen LogP contribution in [0.1, 0.15) is 28.8 Å². The Morgan fingerprint density at radius 2 is 1.96 bits per heavy atom. The van der Waals surface area contributed by atoms with E-state index in [0.717, 1.165) is 51.9 Å². The number of hydrogen-bond acceptors (Lipinski definition) is 4. The molecule has 1 aliphatic heterocycles. The highest BCUT2D eigenvalue weighted by molar-refractivity contribution is 14.0. The first-order valence-corrected chi connectivity index (χ1v) is 10.5. The van der Waals surface area contributed by atoms with Crippen LogP contribution in [-0.2, 0) is 17.8 Å². The maximum absolute atomic E-state index is 5.43. The van der Waals surface area contributed by atoms with Gasteiger partial charge in [-0.1, -0.05) is 37.3 Å². The zero-order valence-corrected chi connectivity index (χ0v) is 19.8. The first-order chi connectivity index (χ1) is 13.2. The maximum atomic E-state index is 5.43. The number of aliphatic imine (C=N–C) groups is 1. The second-order valence-electron chi connectivity index (χ2n) is 6.93. The van der Waals surface area contributed by atoms with Gasteiger partial charge in [-0.2, -0.15) is 0 Å². The van der Waals surface area contributed by atoms with Gasteiger partial charge in [0, 0.05) is 50.6 Å². The Balaban J connectivity index is 0.00000280. The zero-order valence-electron chi connectivity index (χ0n) is 16.7. The molecule has 7 heteroatoms. The number of hydrogen-bond donors (Lipinski definition) is 2. The van der Waals surface area contributed by atoms with Crippen molar-refractivity contribution in [2.45, 2.75) is 25.9 Å². The van der Waals surface area contributed by atoms with E-state index in [4.69, 9.17) is 4.74 Å². The number of nitrogens with one attached hydrogen (secondary N) is 2. The molecular weight excluding hydrogens is 483 g/mol. The molecule has 2 N–H and O–H groups in total. The Morgan fingerprint density at radius 1 is 1.18 bits per heavy atom. The molecule has 2 aromatic rings. The van der Waals surface area contributed by atoms with Crippen LogP contribution in [0.15, 0.2) is 46.8 Å². The summed E-state index contributed by atoms with van der Waals surface area (Å²) in [5, 5.41) is 8.99. The molecule has 1 fully saturated rings. The SMILES string of the molecule is CN=C(NCc1cccc(CN2CCOCC2)c1)NCC(C)c1cccs1.I. The van der Waals surface area contributed by atoms with Gasteiger partial charge in [0.05, 0.1) is 13.2 Å². The number of nitrogens with zero attached hydrogens (tertiary/aromatic N) is 2. The van der Waals surface area contributed by atoms with Gasteiger partial charge in [0.25, 0.3) is 0 Å². The first kappa shape index (κ1) is 23.1. The quantitative estimate of drug-likeness (QED) is 0.337. The molecule has 154 valence electrons. The third-order valence-corrected chi connectivity index (χ3v) is 5.89. The van der Waals surface area contributed by atoms with Gasteiger partial charge in [0.15, 0.2) is 5.96 Å². The van der Waals surface area contributed by atoms with E-state index in [9.17, 15) is 0 Å². The average Bonchev–Trinajstić information content (AvgIpc) is 3.24. The molecule has 0 spiro atoms. The van der Waals surface area contributed by atoms with Crippen molar-refractivity contribution in [3.05, 3.63) is 57.8 Å². The van der Waals surface area contributed by atoms with Crippen molar-refractivity contribution in [3.8, 4) is 0 Å². The third kappa shape index (κ3) is 7.35. The lowest BCUT2D eigenvalue weighted by atomic mass is 10.1. The minimum atomic E-state index is 0. The van der Waals surface area contributed by atoms with Crippen LogP contribution < -0.4 is 10.6 Å². The number of morpholine rings is 1. The van der Waals surface area contributed by atoms with E-state index in [2.05, 4.69) is 69.2 Å². The molecule has 1 unspecified atom stereocenters. The number of thiophene rings is 1. The summed E-state index contributed by atoms with van der Waals surface area (Å²) in [7, 11) is 1.82. The lowest BCUT2D eigenvalue weighted by Gasteiger charge is -2.26. The predicted molar refractivity (Wildman–Crippen MR) is 129 cm³/mol. The molecule has 1 saturated heterocycles. The molecule has 5 nitrogen and oxygen atoms in total. The lowest BCUT2D eigenvalue weighted by molar-refractivity contribution is 0.0342. The summed E-state index contributed by atoms with van der Waals surface area (Å²) in [5.74, 6) is 1.32. The molecular formula is C21H31IN4OS. The van der Waals surface area contributed by atoms with Crippen LogP contribution in [0.4, 0.5) is 0 Å². The third-order valence-electron chi connectivity index (χ3n) is 4.79. The summed E-state index contributed by atoms with van der Waals surface area (Å²) < 4.78 is 5.43. The molecule has 1 atom stereocenters. The van der Waals surface area contributed by atoms with E-state index in [-0.39, 0.29) is 24.0 Å². The Morgan fingerprint density at radius 3 is 2.68 bits per heavy atom. The van der Waals surface area contributed by atoms with E-state index >= 15 is 0 Å². The van der Waals surface area contributed by atoms with E-state index in [1.165, 1.54) is 16.0 Å². The zero-order chi connectivity index (χ0) is 18.9. The van der Waals surface area contributed by atoms with Crippen molar-refractivity contribution in [1.29, 1.82) is 0 Å². The summed E-state index contributed by atoms with van der Waals surface area (Å²) >= 11 is 1.80. The van der Waals surface area contributed by atoms with Gasteiger partial charge in [-0.3, -0.25) is 9.89 Å². The van der Waals surface area contributed by atoms with Crippen LogP contribution in [0.5, 0.6) is 0 Å². The number of ether oxygens (including phenoxy) is 1. The van der Waals surface area contributed by atoms with Crippen molar-refractivity contribution in [2.24, 2.45) is 4.99 Å². The largest absolute Gasteiger partial charge is 0.379 e. The second-order valence-corrected chi connectivity index (χ2v) is 7.91. The van der Waals surface area contributed by atoms with E-state index in [1.54, 1.807) is 11.3 Å². The minimum absolute atomic E-state index is 0. The second kappa shape index (κ2) is 12.4. The molecule has 0 amide bonds. The number of guanidine groups is 1. The highest BCUT2D eigenvalue weighted by atomic mass is 127. The molecule has 0 aliphatic carbocycles. The van der Waals surface area contributed by atoms with Crippen molar-refractivity contribution < 1.29 is 4.74 Å². The molecule has 2 heterocycles. The molecule has 0 saturated carbocycles. The first-order valence-electron chi connectivity index (χ1n) is 9.60. The van der Waals surface area contributed by atoms with Crippen LogP contribution >= 0.6 is 35.3 Å². The van der Waals surface area contributed by atoms with Crippen molar-refractivity contribution in [2.75, 3.05) is 39.9 Å². The highest BCUT2D eigenvalue weighted by Crippen LogP contribution is 2.19. The normalized spacial score (nSPS) is 16.3. The molecule has 1 aromatic carbocycles. The molecule has 0 bridgehead atoms. The van der Waals surface area contributed by atoms with E-state index in [1.807, 2.05) is 7.05 Å². The van der Waals surface area contributed by atoms with Gasteiger partial charge in [0.2, 0.25) is 0 Å². The smallest absolute Gasteiger partial charge is 0.191 e. The minimum Gasteiger partial charge on any atom is -0.379 e. The molecule has 28 heavy (non-hydrogen) atoms. The molecule has 3 rings (SSSR count). The van der Waals surface area contributed by atoms with Crippen LogP contribution in [-0.4, -0.2) is 50.8 Å². The van der Waals surface area contributed by atoms with Gasteiger partial charge in [-0.15, -0.1) is 35.3 Å². The van der Waals surface area contributed by atoms with Gasteiger partial charge >= 0.3 is 0 Å². The summed E-state index contributed by atoms with van der Waals surface area (Å²) in [6.45, 7) is 8.58. The fourth-order valence-electron chi connectivity index (χ4n) is 3.18. The Kier molecular flexibility index (Phi) is 10.3. The summed E-state index contributed by atoms with van der Waals surface area (Å²) in [5.41, 5.74) is 2.63. The summed E-state index contributed by atoms with van der Waals surface area (Å²) in [4.78, 5) is 8.19. The number of rotatable bonds is 7. The Bertz CT molecular complexity index is 717. The van der Waals surface area contributed by atoms with Crippen LogP contribution in [0.25, 0.3) is 0 Å². The van der Waals surface area contributed by atoms with Gasteiger partial charge in [-0.25, -0.2) is 0 Å². The fraction of sp³-hybridized carbons (Fsp3) is 0.476. The highest BCUT2D eigenvalue weighted by Gasteiger charge is 2.11. The van der Waals surface area contributed by atoms with Crippen LogP contribution in [0, 0.1) is 0 Å². The maximum Gasteiger partial charge on any atom is 0.191 e. The summed E-state index contributed by atoms with van der Waals surface area (Å²) in [6, 6.07) is 13.1. The van der Waals surface area contributed by atoms with E-state index in [0.29, 0.717) is 5.92 Å². The Hall–Kier alpha value is -1.16. The van der Waals surface area contributed by atoms with Crippen molar-refractivity contribution in [3.63, 3.8) is 0 Å². The monoisotopic (exact) mass is 514 g/mol. The Labute approximate surface area is 189 Å². The average molecular weight is 514 g/mol. The fourth-order valence-corrected chi connectivity index (χ4v) is 3.97. The summed E-state index contributed by atoms with van der Waals surface area (Å²) in [6.07, 6.45) is 0. The van der Waals surface area contributed by atoms with Gasteiger partial charge in [-0.05, 0) is 22.6 Å². The molecule has 0 radical (unpaired) electrons. The van der Waals surface area contributed by atoms with Crippen molar-refractivity contribution in [1.82, 2.24) is 15.5 Å². The molecule has 1 aliphatic rings. The lowest BCUT2D eigenvalue weighted by Crippen LogP contribution is -2.38. The number of halogens is 1. The molecule has 1 aromatic heterocycles. The van der Waals surface area contributed by atoms with Crippen LogP contribution in [0.3, 0.4) is 0 Å². The number of benzene rings is 1. The topological polar surface area (TPSA) is 48.9 Å². The van der Waals surface area contributed by atoms with Gasteiger partial charge in [0.1, 0.15) is 0 Å². The van der Waals surface area contributed by atoms with E-state index < -0.39 is 0 Å². The standard InChI is InChI=1S/C21H30N4OS.HI/c1-17(20-7-4-12-27-20)14-23-21(22-2)24-15-18-5-3-6-19(13-18)16-25-8-10-26-11-9-25;/h3-7,12-13,17H,8-11,14-16H2,1-2H3,(H2,22,23,24);1H.